The fourth-order valence-electron chi connectivity index (χ4n) is 8.98. The Hall–Kier alpha value is -0.982. The smallest absolute Gasteiger partial charge is 0.308 e. The summed E-state index contributed by atoms with van der Waals surface area (Å²) >= 11 is 0. The fraction of sp³-hybridized carbons (Fsp3) is 0.852. The molecular formula is C61H118O9Si4. The summed E-state index contributed by atoms with van der Waals surface area (Å²) in [5.74, 6) is -0.948. The van der Waals surface area contributed by atoms with Gasteiger partial charge in [0.2, 0.25) is 0 Å². The van der Waals surface area contributed by atoms with Crippen LogP contribution in [0, 0.1) is 23.7 Å². The third-order valence-electron chi connectivity index (χ3n) is 18.4. The predicted molar refractivity (Wildman–Crippen MR) is 324 cm³/mol. The van der Waals surface area contributed by atoms with E-state index in [-0.39, 0.29) is 86.7 Å². The van der Waals surface area contributed by atoms with E-state index in [4.69, 9.17) is 36.7 Å². The van der Waals surface area contributed by atoms with Crippen molar-refractivity contribution in [1.82, 2.24) is 0 Å². The SMILES string of the molecule is CO[C@@H]1C/C=C\C=C\C[C@H](C)[C@H]2OC(C)(C)O[C@H]([C@H]2C)[C@H](C)[C@H](O[Si](C)(C)C(C)(C)C)CC(=O)O[C@@H](C[C@H](O[Si](C)(C)C(C)(C)C)[C@H](C)[C@@H](/C=C(C)/C=C/CO[Si](C)(C)C(C)(C)C)O[Si](C)(C)C(C)(C)C)CCC1. The second-order valence-corrected chi connectivity index (χ2v) is 48.4. The van der Waals surface area contributed by atoms with Crippen LogP contribution in [-0.2, 0) is 41.4 Å². The summed E-state index contributed by atoms with van der Waals surface area (Å²) < 4.78 is 55.6. The molecule has 432 valence electrons. The van der Waals surface area contributed by atoms with E-state index in [1.807, 2.05) is 13.8 Å². The number of rotatable bonds is 16. The summed E-state index contributed by atoms with van der Waals surface area (Å²) in [5, 5.41) is -0.0121. The number of ether oxygens (including phenoxy) is 4. The Morgan fingerprint density at radius 3 is 1.77 bits per heavy atom. The second kappa shape index (κ2) is 27.5. The highest BCUT2D eigenvalue weighted by atomic mass is 28.4. The number of carbonyl (C=O) groups is 1. The standard InChI is InChI=1S/C61H118O9Si4/c1-44(35-34-40-64-71(21,22)57(6,7)8)41-51(68-72(23,24)58(9,10)11)46(3)52(69-73(25,26)59(12,13)14)42-50-39-33-38-49(63-20)37-32-30-29-31-36-45(2)55-48(5)56(67-61(18,19)66-55)47(4)53(43-54(62)65-50)70-74(27,28)60(15,16)17/h29-32,34-35,41,45-53,55-56H,33,36-40,42-43H2,1-28H3/b31-29+,32-30-,35-34+,44-41+/t45-,46+,47+,48-,49+,50+,51+,52-,53+,55+,56-/m0/s1. The van der Waals surface area contributed by atoms with Crippen LogP contribution in [0.1, 0.15) is 176 Å². The number of methoxy groups -OCH3 is 1. The van der Waals surface area contributed by atoms with E-state index >= 15 is 4.79 Å². The zero-order valence-electron chi connectivity index (χ0n) is 53.2. The number of cyclic esters (lactones) is 1. The van der Waals surface area contributed by atoms with Crippen LogP contribution in [0.15, 0.2) is 48.1 Å². The molecule has 0 unspecified atom stereocenters. The van der Waals surface area contributed by atoms with Crippen molar-refractivity contribution in [2.75, 3.05) is 13.7 Å². The van der Waals surface area contributed by atoms with Crippen molar-refractivity contribution >= 4 is 39.2 Å². The molecule has 0 radical (unpaired) electrons. The highest BCUT2D eigenvalue weighted by Crippen LogP contribution is 2.45. The first-order valence-corrected chi connectivity index (χ1v) is 40.4. The summed E-state index contributed by atoms with van der Waals surface area (Å²) in [5.41, 5.74) is 1.13. The molecule has 9 nitrogen and oxygen atoms in total. The number of hydrogen-bond acceptors (Lipinski definition) is 9. The minimum atomic E-state index is -2.39. The molecule has 1 saturated heterocycles. The molecule has 11 atom stereocenters. The lowest BCUT2D eigenvalue weighted by Crippen LogP contribution is -2.57. The van der Waals surface area contributed by atoms with Crippen molar-refractivity contribution < 1.29 is 41.4 Å². The van der Waals surface area contributed by atoms with E-state index < -0.39 is 51.3 Å². The zero-order chi connectivity index (χ0) is 57.3. The van der Waals surface area contributed by atoms with Gasteiger partial charge in [-0.15, -0.1) is 0 Å². The van der Waals surface area contributed by atoms with Crippen LogP contribution in [0.2, 0.25) is 72.5 Å². The summed E-state index contributed by atoms with van der Waals surface area (Å²) in [6.07, 6.45) is 18.5. The van der Waals surface area contributed by atoms with Gasteiger partial charge in [0.1, 0.15) is 6.10 Å². The fourth-order valence-corrected chi connectivity index (χ4v) is 14.1. The maximum atomic E-state index is 15.1. The number of fused-ring (bicyclic) bond motifs is 2. The lowest BCUT2D eigenvalue weighted by molar-refractivity contribution is -0.337. The van der Waals surface area contributed by atoms with Crippen molar-refractivity contribution in [3.8, 4) is 0 Å². The average Bonchev–Trinajstić information content (AvgIpc) is 3.22. The molecule has 0 aromatic rings. The molecule has 0 spiro atoms. The Labute approximate surface area is 461 Å². The first-order valence-electron chi connectivity index (χ1n) is 28.8. The van der Waals surface area contributed by atoms with Crippen molar-refractivity contribution in [3.05, 3.63) is 48.1 Å². The molecule has 13 heteroatoms. The van der Waals surface area contributed by atoms with Crippen LogP contribution < -0.4 is 0 Å². The molecule has 0 aromatic heterocycles. The van der Waals surface area contributed by atoms with Crippen LogP contribution in [0.4, 0.5) is 0 Å². The third kappa shape index (κ3) is 20.9. The molecule has 2 heterocycles. The van der Waals surface area contributed by atoms with Crippen LogP contribution in [0.25, 0.3) is 0 Å². The van der Waals surface area contributed by atoms with Gasteiger partial charge in [0.15, 0.2) is 39.1 Å². The van der Waals surface area contributed by atoms with Gasteiger partial charge in [0.25, 0.3) is 0 Å². The quantitative estimate of drug-likeness (QED) is 0.0851. The lowest BCUT2D eigenvalue weighted by atomic mass is 9.79. The van der Waals surface area contributed by atoms with E-state index in [1.54, 1.807) is 7.11 Å². The van der Waals surface area contributed by atoms with Crippen LogP contribution >= 0.6 is 0 Å². The van der Waals surface area contributed by atoms with Gasteiger partial charge in [-0.2, -0.15) is 0 Å². The van der Waals surface area contributed by atoms with Crippen molar-refractivity contribution in [2.24, 2.45) is 23.7 Å². The molecule has 2 bridgehead atoms. The Balaban J connectivity index is 2.86. The third-order valence-corrected chi connectivity index (χ3v) is 36.4. The normalized spacial score (nSPS) is 28.8. The Bertz CT molecular complexity index is 1840. The van der Waals surface area contributed by atoms with Crippen molar-refractivity contribution in [2.45, 2.75) is 298 Å². The molecule has 0 saturated carbocycles. The lowest BCUT2D eigenvalue weighted by Gasteiger charge is -2.50. The van der Waals surface area contributed by atoms with Gasteiger partial charge in [-0.25, -0.2) is 0 Å². The van der Waals surface area contributed by atoms with Crippen molar-refractivity contribution in [1.29, 1.82) is 0 Å². The molecule has 0 aliphatic carbocycles. The van der Waals surface area contributed by atoms with Crippen molar-refractivity contribution in [3.63, 3.8) is 0 Å². The molecule has 74 heavy (non-hydrogen) atoms. The van der Waals surface area contributed by atoms with Crippen LogP contribution in [0.3, 0.4) is 0 Å². The number of carbonyl (C=O) groups excluding carboxylic acids is 1. The Kier molecular flexibility index (Phi) is 25.6. The molecule has 0 N–H and O–H groups in total. The average molecular weight is 1110 g/mol. The maximum absolute atomic E-state index is 15.1. The zero-order valence-corrected chi connectivity index (χ0v) is 57.2. The minimum absolute atomic E-state index is 0.0176. The van der Waals surface area contributed by atoms with Gasteiger partial charge in [0.05, 0.1) is 49.7 Å². The van der Waals surface area contributed by atoms with E-state index in [0.29, 0.717) is 19.4 Å². The largest absolute Gasteiger partial charge is 0.462 e. The minimum Gasteiger partial charge on any atom is -0.462 e. The van der Waals surface area contributed by atoms with E-state index in [1.165, 1.54) is 0 Å². The summed E-state index contributed by atoms with van der Waals surface area (Å²) in [6, 6.07) is 0. The molecule has 0 amide bonds. The molecule has 2 aliphatic heterocycles. The molecule has 2 aliphatic rings. The van der Waals surface area contributed by atoms with Gasteiger partial charge in [0, 0.05) is 31.3 Å². The molecule has 0 aromatic carbocycles. The van der Waals surface area contributed by atoms with Gasteiger partial charge < -0.3 is 36.7 Å². The predicted octanol–water partition coefficient (Wildman–Crippen LogP) is 17.5. The Morgan fingerprint density at radius 2 is 1.24 bits per heavy atom. The van der Waals surface area contributed by atoms with Gasteiger partial charge >= 0.3 is 5.97 Å². The van der Waals surface area contributed by atoms with Crippen LogP contribution in [-0.4, -0.2) is 101 Å². The molecule has 1 fully saturated rings. The van der Waals surface area contributed by atoms with Crippen LogP contribution in [0.5, 0.6) is 0 Å². The van der Waals surface area contributed by atoms with E-state index in [0.717, 1.165) is 31.3 Å². The van der Waals surface area contributed by atoms with E-state index in [9.17, 15) is 0 Å². The summed E-state index contributed by atoms with van der Waals surface area (Å²) in [6.45, 7) is 61.8. The topological polar surface area (TPSA) is 90.9 Å². The van der Waals surface area contributed by atoms with Gasteiger partial charge in [-0.3, -0.25) is 4.79 Å². The van der Waals surface area contributed by atoms with E-state index in [2.05, 4.69) is 213 Å². The Morgan fingerprint density at radius 1 is 0.730 bits per heavy atom. The summed E-state index contributed by atoms with van der Waals surface area (Å²) in [7, 11) is -7.19. The summed E-state index contributed by atoms with van der Waals surface area (Å²) in [4.78, 5) is 15.1. The number of hydrogen-bond donors (Lipinski definition) is 0. The maximum Gasteiger partial charge on any atom is 0.308 e. The number of allylic oxidation sites excluding steroid dienone is 5. The number of esters is 1. The highest BCUT2D eigenvalue weighted by Gasteiger charge is 2.50. The molecular weight excluding hydrogens is 989 g/mol. The van der Waals surface area contributed by atoms with Gasteiger partial charge in [-0.05, 0) is 131 Å². The van der Waals surface area contributed by atoms with Gasteiger partial charge in [-0.1, -0.05) is 159 Å². The highest BCUT2D eigenvalue weighted by molar-refractivity contribution is 6.75. The second-order valence-electron chi connectivity index (χ2n) is 29.3. The molecule has 2 rings (SSSR count). The first-order chi connectivity index (χ1) is 33.4. The first kappa shape index (κ1) is 69.1. The monoisotopic (exact) mass is 1110 g/mol.